The molecule has 0 aromatic heterocycles. The van der Waals surface area contributed by atoms with Gasteiger partial charge in [-0.25, -0.2) is 4.79 Å². The average Bonchev–Trinajstić information content (AvgIpc) is 2.74. The molecule has 90 valence electrons. The monoisotopic (exact) mass is 228 g/mol. The summed E-state index contributed by atoms with van der Waals surface area (Å²) in [4.78, 5) is 22.4. The van der Waals surface area contributed by atoms with Crippen LogP contribution in [-0.4, -0.2) is 41.9 Å². The second-order valence-corrected chi connectivity index (χ2v) is 4.75. The Morgan fingerprint density at radius 1 is 1.38 bits per heavy atom. The number of urea groups is 1. The van der Waals surface area contributed by atoms with Crippen molar-refractivity contribution in [2.75, 3.05) is 13.2 Å². The van der Waals surface area contributed by atoms with Crippen LogP contribution >= 0.6 is 0 Å². The molecule has 2 amide bonds. The van der Waals surface area contributed by atoms with E-state index in [4.69, 9.17) is 9.84 Å². The number of carboxylic acid groups (broad SMARTS) is 1. The number of aliphatic carboxylic acids is 1. The number of rotatable bonds is 3. The maximum atomic E-state index is 11.6. The van der Waals surface area contributed by atoms with Gasteiger partial charge in [0.2, 0.25) is 0 Å². The van der Waals surface area contributed by atoms with Crippen molar-refractivity contribution in [3.8, 4) is 0 Å². The number of carbonyl (C=O) groups excluding carboxylic acids is 1. The van der Waals surface area contributed by atoms with Crippen molar-refractivity contribution >= 4 is 12.0 Å². The highest BCUT2D eigenvalue weighted by Gasteiger charge is 2.40. The van der Waals surface area contributed by atoms with Crippen molar-refractivity contribution in [1.29, 1.82) is 0 Å². The van der Waals surface area contributed by atoms with E-state index in [-0.39, 0.29) is 24.8 Å². The van der Waals surface area contributed by atoms with Crippen molar-refractivity contribution in [3.63, 3.8) is 0 Å². The zero-order valence-corrected chi connectivity index (χ0v) is 9.16. The van der Waals surface area contributed by atoms with Gasteiger partial charge in [-0.15, -0.1) is 0 Å². The van der Waals surface area contributed by atoms with Gasteiger partial charge < -0.3 is 20.5 Å². The molecule has 2 atom stereocenters. The second-order valence-electron chi connectivity index (χ2n) is 4.75. The van der Waals surface area contributed by atoms with Gasteiger partial charge in [0.15, 0.2) is 0 Å². The predicted octanol–water partition coefficient (Wildman–Crippen LogP) is -0.0623. The Hall–Kier alpha value is -1.30. The van der Waals surface area contributed by atoms with Crippen LogP contribution in [-0.2, 0) is 9.53 Å². The molecule has 1 saturated heterocycles. The van der Waals surface area contributed by atoms with E-state index in [2.05, 4.69) is 10.6 Å². The first kappa shape index (κ1) is 11.2. The number of nitrogens with one attached hydrogen (secondary N) is 2. The Balaban J connectivity index is 1.84. The number of carbonyl (C=O) groups is 2. The number of ether oxygens (including phenoxy) is 1. The third-order valence-electron chi connectivity index (χ3n) is 3.13. The Labute approximate surface area is 93.3 Å². The van der Waals surface area contributed by atoms with Gasteiger partial charge in [-0.3, -0.25) is 4.79 Å². The Morgan fingerprint density at radius 3 is 2.62 bits per heavy atom. The number of carboxylic acids is 1. The lowest BCUT2D eigenvalue weighted by molar-refractivity contribution is -0.142. The van der Waals surface area contributed by atoms with Gasteiger partial charge in [0.1, 0.15) is 5.92 Å². The molecule has 0 bridgehead atoms. The summed E-state index contributed by atoms with van der Waals surface area (Å²) in [6.07, 6.45) is 1.95. The van der Waals surface area contributed by atoms with Crippen molar-refractivity contribution in [2.45, 2.75) is 31.3 Å². The summed E-state index contributed by atoms with van der Waals surface area (Å²) in [5.41, 5.74) is -0.0950. The molecule has 0 aromatic carbocycles. The molecule has 3 N–H and O–H groups in total. The van der Waals surface area contributed by atoms with Crippen LogP contribution in [0.4, 0.5) is 4.79 Å². The Bertz CT molecular complexity index is 314. The maximum Gasteiger partial charge on any atom is 0.315 e. The van der Waals surface area contributed by atoms with E-state index >= 15 is 0 Å². The van der Waals surface area contributed by atoms with E-state index in [1.54, 1.807) is 0 Å². The molecule has 2 aliphatic rings. The molecule has 1 heterocycles. The zero-order chi connectivity index (χ0) is 11.8. The molecule has 2 rings (SSSR count). The van der Waals surface area contributed by atoms with Gasteiger partial charge >= 0.3 is 12.0 Å². The topological polar surface area (TPSA) is 87.7 Å². The highest BCUT2D eigenvalue weighted by Crippen LogP contribution is 2.34. The normalized spacial score (nSPS) is 30.8. The van der Waals surface area contributed by atoms with E-state index < -0.39 is 17.9 Å². The smallest absolute Gasteiger partial charge is 0.315 e. The highest BCUT2D eigenvalue weighted by molar-refractivity contribution is 5.78. The fraction of sp³-hybridized carbons (Fsp3) is 0.800. The standard InChI is InChI=1S/C10H16N2O4/c1-10(2-3-10)12-9(15)11-7-5-16-4-6(7)8(13)14/h6-7H,2-5H2,1H3,(H,13,14)(H2,11,12,15). The molecule has 2 fully saturated rings. The molecule has 1 aliphatic heterocycles. The highest BCUT2D eigenvalue weighted by atomic mass is 16.5. The summed E-state index contributed by atoms with van der Waals surface area (Å²) in [6.45, 7) is 2.39. The van der Waals surface area contributed by atoms with Crippen LogP contribution in [0.15, 0.2) is 0 Å². The third-order valence-corrected chi connectivity index (χ3v) is 3.13. The summed E-state index contributed by atoms with van der Waals surface area (Å²) < 4.78 is 5.05. The molecule has 1 saturated carbocycles. The van der Waals surface area contributed by atoms with E-state index in [9.17, 15) is 9.59 Å². The lowest BCUT2D eigenvalue weighted by Gasteiger charge is -2.18. The lowest BCUT2D eigenvalue weighted by Crippen LogP contribution is -2.50. The molecule has 0 aromatic rings. The van der Waals surface area contributed by atoms with E-state index in [0.717, 1.165) is 12.8 Å². The van der Waals surface area contributed by atoms with E-state index in [1.807, 2.05) is 6.92 Å². The largest absolute Gasteiger partial charge is 0.481 e. The van der Waals surface area contributed by atoms with Crippen LogP contribution < -0.4 is 10.6 Å². The van der Waals surface area contributed by atoms with Gasteiger partial charge in [0.25, 0.3) is 0 Å². The van der Waals surface area contributed by atoms with Gasteiger partial charge in [0.05, 0.1) is 19.3 Å². The minimum Gasteiger partial charge on any atom is -0.481 e. The van der Waals surface area contributed by atoms with Crippen LogP contribution in [0.25, 0.3) is 0 Å². The first-order valence-corrected chi connectivity index (χ1v) is 5.39. The minimum atomic E-state index is -0.930. The first-order chi connectivity index (χ1) is 7.50. The van der Waals surface area contributed by atoms with Crippen LogP contribution in [0.5, 0.6) is 0 Å². The van der Waals surface area contributed by atoms with Crippen molar-refractivity contribution in [3.05, 3.63) is 0 Å². The maximum absolute atomic E-state index is 11.6. The quantitative estimate of drug-likeness (QED) is 0.631. The first-order valence-electron chi connectivity index (χ1n) is 5.39. The van der Waals surface area contributed by atoms with E-state index in [1.165, 1.54) is 0 Å². The number of amides is 2. The summed E-state index contributed by atoms with van der Waals surface area (Å²) >= 11 is 0. The summed E-state index contributed by atoms with van der Waals surface area (Å²) in [5, 5.41) is 14.4. The molecule has 16 heavy (non-hydrogen) atoms. The molecule has 0 spiro atoms. The van der Waals surface area contributed by atoms with Crippen molar-refractivity contribution in [1.82, 2.24) is 10.6 Å². The average molecular weight is 228 g/mol. The van der Waals surface area contributed by atoms with Gasteiger partial charge in [0, 0.05) is 5.54 Å². The Kier molecular flexibility index (Phi) is 2.75. The summed E-state index contributed by atoms with van der Waals surface area (Å²) in [7, 11) is 0. The summed E-state index contributed by atoms with van der Waals surface area (Å²) in [6, 6.07) is -0.735. The number of hydrogen-bond donors (Lipinski definition) is 3. The van der Waals surface area contributed by atoms with Gasteiger partial charge in [-0.2, -0.15) is 0 Å². The van der Waals surface area contributed by atoms with Crippen molar-refractivity contribution < 1.29 is 19.4 Å². The van der Waals surface area contributed by atoms with Crippen LogP contribution in [0.3, 0.4) is 0 Å². The molecular formula is C10H16N2O4. The summed E-state index contributed by atoms with van der Waals surface area (Å²) in [5.74, 6) is -1.57. The lowest BCUT2D eigenvalue weighted by atomic mass is 10.0. The fourth-order valence-corrected chi connectivity index (χ4v) is 1.73. The predicted molar refractivity (Wildman–Crippen MR) is 55.0 cm³/mol. The van der Waals surface area contributed by atoms with Crippen molar-refractivity contribution in [2.24, 2.45) is 5.92 Å². The second kappa shape index (κ2) is 3.93. The fourth-order valence-electron chi connectivity index (χ4n) is 1.73. The zero-order valence-electron chi connectivity index (χ0n) is 9.16. The van der Waals surface area contributed by atoms with Gasteiger partial charge in [-0.05, 0) is 19.8 Å². The van der Waals surface area contributed by atoms with E-state index in [0.29, 0.717) is 0 Å². The number of hydrogen-bond acceptors (Lipinski definition) is 3. The molecule has 6 heteroatoms. The molecule has 6 nitrogen and oxygen atoms in total. The SMILES string of the molecule is CC1(NC(=O)NC2COCC2C(=O)O)CC1. The van der Waals surface area contributed by atoms with Gasteiger partial charge in [-0.1, -0.05) is 0 Å². The molecule has 1 aliphatic carbocycles. The molecule has 0 radical (unpaired) electrons. The van der Waals surface area contributed by atoms with Crippen LogP contribution in [0.2, 0.25) is 0 Å². The minimum absolute atomic E-state index is 0.0950. The van der Waals surface area contributed by atoms with Crippen LogP contribution in [0, 0.1) is 5.92 Å². The Morgan fingerprint density at radius 2 is 2.06 bits per heavy atom. The third kappa shape index (κ3) is 2.44. The molecule has 2 unspecified atom stereocenters. The van der Waals surface area contributed by atoms with Crippen LogP contribution in [0.1, 0.15) is 19.8 Å². The molecular weight excluding hydrogens is 212 g/mol.